The van der Waals surface area contributed by atoms with Crippen molar-refractivity contribution in [1.82, 2.24) is 0 Å². The number of hydrogen-bond donors (Lipinski definition) is 0. The molecule has 0 amide bonds. The Kier molecular flexibility index (Phi) is 15.6. The van der Waals surface area contributed by atoms with E-state index in [-0.39, 0.29) is 33.0 Å². The van der Waals surface area contributed by atoms with Crippen LogP contribution in [0.25, 0.3) is 0 Å². The zero-order valence-electron chi connectivity index (χ0n) is 35.6. The van der Waals surface area contributed by atoms with Gasteiger partial charge in [-0.15, -0.1) is 0 Å². The van der Waals surface area contributed by atoms with E-state index in [4.69, 9.17) is 52.1 Å². The zero-order valence-corrected chi connectivity index (χ0v) is 35.6. The zero-order chi connectivity index (χ0) is 42.6. The molecule has 0 aliphatic carbocycles. The van der Waals surface area contributed by atoms with Crippen LogP contribution in [0.15, 0.2) is 152 Å². The van der Waals surface area contributed by atoms with E-state index in [1.165, 1.54) is 0 Å². The fraction of sp³-hybridized carbons (Fsp3) is 0.412. The average Bonchev–Trinajstić information content (AvgIpc) is 3.31. The summed E-state index contributed by atoms with van der Waals surface area (Å²) in [5.74, 6) is -0.885. The number of benzene rings is 5. The number of hydrogen-bond acceptors (Lipinski definition) is 11. The van der Waals surface area contributed by atoms with E-state index in [2.05, 4.69) is 0 Å². The van der Waals surface area contributed by atoms with Gasteiger partial charge in [0.05, 0.1) is 46.2 Å². The van der Waals surface area contributed by atoms with Crippen molar-refractivity contribution in [3.05, 3.63) is 179 Å². The Bertz CT molecular complexity index is 2020. The summed E-state index contributed by atoms with van der Waals surface area (Å²) in [6.45, 7) is 5.70. The number of rotatable bonds is 19. The molecule has 3 aliphatic heterocycles. The Labute approximate surface area is 365 Å². The first-order valence-corrected chi connectivity index (χ1v) is 21.5. The first kappa shape index (κ1) is 44.3. The van der Waals surface area contributed by atoms with Crippen molar-refractivity contribution in [3.8, 4) is 0 Å². The van der Waals surface area contributed by atoms with E-state index in [0.717, 1.165) is 27.8 Å². The van der Waals surface area contributed by atoms with E-state index in [1.54, 1.807) is 7.11 Å². The summed E-state index contributed by atoms with van der Waals surface area (Å²) in [4.78, 5) is 0. The fourth-order valence-electron chi connectivity index (χ4n) is 8.10. The van der Waals surface area contributed by atoms with E-state index >= 15 is 0 Å². The second-order valence-corrected chi connectivity index (χ2v) is 16.3. The summed E-state index contributed by atoms with van der Waals surface area (Å²) in [6.07, 6.45) is -7.31. The van der Waals surface area contributed by atoms with Gasteiger partial charge in [0.2, 0.25) is 0 Å². The van der Waals surface area contributed by atoms with Gasteiger partial charge in [0, 0.05) is 7.11 Å². The van der Waals surface area contributed by atoms with E-state index in [1.807, 2.05) is 166 Å². The summed E-state index contributed by atoms with van der Waals surface area (Å²) in [5, 5.41) is 0. The number of fused-ring (bicyclic) bond motifs is 1. The quantitative estimate of drug-likeness (QED) is 0.0805. The summed E-state index contributed by atoms with van der Waals surface area (Å²) in [6, 6.07) is 50.1. The minimum absolute atomic E-state index is 0.151. The molecule has 5 aromatic carbocycles. The van der Waals surface area contributed by atoms with E-state index in [9.17, 15) is 0 Å². The Morgan fingerprint density at radius 2 is 0.903 bits per heavy atom. The van der Waals surface area contributed by atoms with Crippen molar-refractivity contribution >= 4 is 0 Å². The van der Waals surface area contributed by atoms with Crippen LogP contribution in [0.3, 0.4) is 0 Å². The average molecular weight is 847 g/mol. The molecule has 3 heterocycles. The SMILES string of the molecule is CO[C@@H]1O[C@H](COCc2ccccc2)[C@@H](O[C@@H]2O[C@@H]3COC(C)(C)O[C@@H]3[C@H](OCc3ccccc3)[C@H]2OCc2ccccc2)[C@H](OCc2ccccc2)[C@H]1OCc1ccccc1. The molecule has 3 aliphatic rings. The van der Waals surface area contributed by atoms with Crippen LogP contribution in [0.5, 0.6) is 0 Å². The van der Waals surface area contributed by atoms with Crippen molar-refractivity contribution < 1.29 is 52.1 Å². The molecule has 8 rings (SSSR count). The molecular formula is C51H58O11. The summed E-state index contributed by atoms with van der Waals surface area (Å²) in [7, 11) is 1.61. The van der Waals surface area contributed by atoms with Crippen LogP contribution in [0, 0.1) is 0 Å². The Morgan fingerprint density at radius 3 is 1.37 bits per heavy atom. The van der Waals surface area contributed by atoms with Gasteiger partial charge in [0.15, 0.2) is 18.4 Å². The largest absolute Gasteiger partial charge is 0.374 e. The molecule has 11 nitrogen and oxygen atoms in total. The lowest BCUT2D eigenvalue weighted by molar-refractivity contribution is -0.408. The van der Waals surface area contributed by atoms with Crippen molar-refractivity contribution in [2.45, 2.75) is 114 Å². The maximum atomic E-state index is 7.30. The lowest BCUT2D eigenvalue weighted by Crippen LogP contribution is -2.68. The molecule has 328 valence electrons. The highest BCUT2D eigenvalue weighted by molar-refractivity contribution is 5.17. The summed E-state index contributed by atoms with van der Waals surface area (Å²) >= 11 is 0. The second kappa shape index (κ2) is 21.8. The molecule has 0 N–H and O–H groups in total. The molecule has 5 aromatic rings. The molecule has 0 saturated carbocycles. The Hall–Kier alpha value is -4.34. The minimum Gasteiger partial charge on any atom is -0.374 e. The van der Waals surface area contributed by atoms with Gasteiger partial charge in [-0.05, 0) is 41.7 Å². The first-order valence-electron chi connectivity index (χ1n) is 21.5. The lowest BCUT2D eigenvalue weighted by Gasteiger charge is -2.52. The Balaban J connectivity index is 1.15. The molecule has 62 heavy (non-hydrogen) atoms. The van der Waals surface area contributed by atoms with Crippen LogP contribution in [-0.2, 0) is 85.1 Å². The van der Waals surface area contributed by atoms with Gasteiger partial charge < -0.3 is 52.1 Å². The Morgan fingerprint density at radius 1 is 0.484 bits per heavy atom. The molecule has 0 radical (unpaired) electrons. The van der Waals surface area contributed by atoms with Crippen molar-refractivity contribution in [3.63, 3.8) is 0 Å². The van der Waals surface area contributed by atoms with Crippen LogP contribution in [0.4, 0.5) is 0 Å². The monoisotopic (exact) mass is 846 g/mol. The van der Waals surface area contributed by atoms with Crippen LogP contribution in [0.2, 0.25) is 0 Å². The van der Waals surface area contributed by atoms with Gasteiger partial charge in [-0.3, -0.25) is 0 Å². The van der Waals surface area contributed by atoms with Crippen molar-refractivity contribution in [1.29, 1.82) is 0 Å². The number of ether oxygens (including phenoxy) is 11. The predicted molar refractivity (Wildman–Crippen MR) is 230 cm³/mol. The van der Waals surface area contributed by atoms with Crippen molar-refractivity contribution in [2.75, 3.05) is 20.3 Å². The number of methoxy groups -OCH3 is 1. The van der Waals surface area contributed by atoms with Gasteiger partial charge in [0.25, 0.3) is 0 Å². The molecule has 0 spiro atoms. The molecule has 11 heteroatoms. The molecule has 3 fully saturated rings. The highest BCUT2D eigenvalue weighted by Gasteiger charge is 2.56. The predicted octanol–water partition coefficient (Wildman–Crippen LogP) is 8.18. The minimum atomic E-state index is -1.00. The van der Waals surface area contributed by atoms with Gasteiger partial charge in [-0.1, -0.05) is 152 Å². The van der Waals surface area contributed by atoms with Crippen LogP contribution < -0.4 is 0 Å². The maximum Gasteiger partial charge on any atom is 0.187 e. The third-order valence-corrected chi connectivity index (χ3v) is 11.3. The standard InChI is InChI=1S/C51H58O11/c1-51(2)58-35-42-44(62-51)46(55-31-38-23-13-6-14-24-38)48(57-33-40-27-17-8-18-28-40)50(60-42)61-43-41(34-53-29-36-19-9-4-10-20-36)59-49(52-3)47(56-32-39-25-15-7-16-26-39)45(43)54-30-37-21-11-5-12-22-37/h4-28,41-50H,29-35H2,1-3H3/t41-,42-,43-,44+,45+,46+,47-,48-,49-,50+/m1/s1. The topological polar surface area (TPSA) is 102 Å². The van der Waals surface area contributed by atoms with Gasteiger partial charge in [0.1, 0.15) is 48.8 Å². The molecular weight excluding hydrogens is 789 g/mol. The smallest absolute Gasteiger partial charge is 0.187 e. The van der Waals surface area contributed by atoms with Crippen LogP contribution >= 0.6 is 0 Å². The highest BCUT2D eigenvalue weighted by Crippen LogP contribution is 2.39. The highest BCUT2D eigenvalue weighted by atomic mass is 16.8. The van der Waals surface area contributed by atoms with Gasteiger partial charge in [-0.25, -0.2) is 0 Å². The molecule has 10 atom stereocenters. The third kappa shape index (κ3) is 11.8. The third-order valence-electron chi connectivity index (χ3n) is 11.3. The summed E-state index contributed by atoms with van der Waals surface area (Å²) in [5.41, 5.74) is 5.00. The van der Waals surface area contributed by atoms with Crippen LogP contribution in [0.1, 0.15) is 41.7 Å². The molecule has 0 unspecified atom stereocenters. The first-order chi connectivity index (χ1) is 30.4. The molecule has 3 saturated heterocycles. The van der Waals surface area contributed by atoms with Gasteiger partial charge in [-0.2, -0.15) is 0 Å². The van der Waals surface area contributed by atoms with E-state index in [0.29, 0.717) is 13.2 Å². The molecule has 0 bridgehead atoms. The normalized spacial score (nSPS) is 28.2. The maximum absolute atomic E-state index is 7.30. The summed E-state index contributed by atoms with van der Waals surface area (Å²) < 4.78 is 73.7. The van der Waals surface area contributed by atoms with Crippen LogP contribution in [-0.4, -0.2) is 87.5 Å². The lowest BCUT2D eigenvalue weighted by atomic mass is 9.95. The molecule has 0 aromatic heterocycles. The fourth-order valence-corrected chi connectivity index (χ4v) is 8.10. The second-order valence-electron chi connectivity index (χ2n) is 16.3. The van der Waals surface area contributed by atoms with Gasteiger partial charge >= 0.3 is 0 Å². The van der Waals surface area contributed by atoms with Crippen molar-refractivity contribution in [2.24, 2.45) is 0 Å². The van der Waals surface area contributed by atoms with E-state index < -0.39 is 67.2 Å².